The van der Waals surface area contributed by atoms with Crippen LogP contribution in [-0.2, 0) is 12.8 Å². The molecule has 1 aromatic rings. The van der Waals surface area contributed by atoms with Crippen LogP contribution in [0.5, 0.6) is 0 Å². The number of hydrogen-bond donors (Lipinski definition) is 1. The molecule has 0 saturated heterocycles. The Morgan fingerprint density at radius 1 is 1.31 bits per heavy atom. The van der Waals surface area contributed by atoms with E-state index in [2.05, 4.69) is 24.0 Å². The molecule has 1 rings (SSSR count). The van der Waals surface area contributed by atoms with Crippen LogP contribution in [0.25, 0.3) is 0 Å². The van der Waals surface area contributed by atoms with Gasteiger partial charge in [0.1, 0.15) is 0 Å². The molecule has 13 heavy (non-hydrogen) atoms. The fraction of sp³-hybridized carbons (Fsp3) is 0.778. The molecule has 1 heterocycles. The topological polar surface area (TPSA) is 64.9 Å². The van der Waals surface area contributed by atoms with Crippen molar-refractivity contribution in [2.45, 2.75) is 33.1 Å². The Kier molecular flexibility index (Phi) is 3.89. The molecule has 0 aliphatic heterocycles. The first-order chi connectivity index (χ1) is 6.22. The number of aromatic nitrogens is 2. The van der Waals surface area contributed by atoms with Crippen LogP contribution in [0.15, 0.2) is 4.42 Å². The molecule has 0 spiro atoms. The minimum Gasteiger partial charge on any atom is -0.425 e. The van der Waals surface area contributed by atoms with E-state index < -0.39 is 0 Å². The molecule has 0 aromatic carbocycles. The lowest BCUT2D eigenvalue weighted by molar-refractivity contribution is 0.422. The van der Waals surface area contributed by atoms with E-state index in [0.717, 1.165) is 25.2 Å². The second kappa shape index (κ2) is 4.97. The fourth-order valence-electron chi connectivity index (χ4n) is 1.07. The Hall–Kier alpha value is -0.900. The first kappa shape index (κ1) is 10.2. The van der Waals surface area contributed by atoms with Gasteiger partial charge in [-0.25, -0.2) is 0 Å². The van der Waals surface area contributed by atoms with Gasteiger partial charge in [0.2, 0.25) is 11.8 Å². The molecule has 74 valence electrons. The summed E-state index contributed by atoms with van der Waals surface area (Å²) in [7, 11) is 0. The number of nitrogens with zero attached hydrogens (tertiary/aromatic N) is 2. The van der Waals surface area contributed by atoms with Gasteiger partial charge in [-0.15, -0.1) is 10.2 Å². The molecular formula is C9H17N3O. The summed E-state index contributed by atoms with van der Waals surface area (Å²) in [5.41, 5.74) is 5.37. The zero-order chi connectivity index (χ0) is 9.68. The largest absolute Gasteiger partial charge is 0.425 e. The quantitative estimate of drug-likeness (QED) is 0.744. The van der Waals surface area contributed by atoms with E-state index in [9.17, 15) is 0 Å². The van der Waals surface area contributed by atoms with Crippen molar-refractivity contribution < 1.29 is 4.42 Å². The summed E-state index contributed by atoms with van der Waals surface area (Å²) in [4.78, 5) is 0. The summed E-state index contributed by atoms with van der Waals surface area (Å²) in [6.45, 7) is 4.93. The molecule has 0 radical (unpaired) electrons. The van der Waals surface area contributed by atoms with Crippen molar-refractivity contribution in [2.24, 2.45) is 11.7 Å². The lowest BCUT2D eigenvalue weighted by Gasteiger charge is -1.96. The van der Waals surface area contributed by atoms with Gasteiger partial charge in [0, 0.05) is 12.8 Å². The van der Waals surface area contributed by atoms with Crippen LogP contribution in [0, 0.1) is 5.92 Å². The van der Waals surface area contributed by atoms with Crippen molar-refractivity contribution in [1.82, 2.24) is 10.2 Å². The fourth-order valence-corrected chi connectivity index (χ4v) is 1.07. The van der Waals surface area contributed by atoms with Gasteiger partial charge in [0.15, 0.2) is 0 Å². The maximum atomic E-state index is 5.42. The van der Waals surface area contributed by atoms with E-state index in [-0.39, 0.29) is 0 Å². The predicted molar refractivity (Wildman–Crippen MR) is 50.2 cm³/mol. The van der Waals surface area contributed by atoms with Crippen LogP contribution >= 0.6 is 0 Å². The Morgan fingerprint density at radius 3 is 2.62 bits per heavy atom. The third kappa shape index (κ3) is 3.55. The van der Waals surface area contributed by atoms with E-state index in [1.807, 2.05) is 0 Å². The summed E-state index contributed by atoms with van der Waals surface area (Å²) >= 11 is 0. The molecule has 2 N–H and O–H groups in total. The van der Waals surface area contributed by atoms with Crippen LogP contribution in [-0.4, -0.2) is 16.7 Å². The Labute approximate surface area is 78.5 Å². The smallest absolute Gasteiger partial charge is 0.216 e. The molecule has 0 unspecified atom stereocenters. The molecule has 4 nitrogen and oxygen atoms in total. The minimum absolute atomic E-state index is 0.558. The monoisotopic (exact) mass is 183 g/mol. The third-order valence-corrected chi connectivity index (χ3v) is 1.69. The summed E-state index contributed by atoms with van der Waals surface area (Å²) in [6.07, 6.45) is 2.56. The molecule has 0 aliphatic carbocycles. The van der Waals surface area contributed by atoms with E-state index in [1.165, 1.54) is 0 Å². The summed E-state index contributed by atoms with van der Waals surface area (Å²) in [6, 6.07) is 0. The second-order valence-electron chi connectivity index (χ2n) is 3.58. The summed E-state index contributed by atoms with van der Waals surface area (Å²) in [5, 5.41) is 7.89. The first-order valence-electron chi connectivity index (χ1n) is 4.73. The standard InChI is InChI=1S/C9H17N3O/c1-7(2)6-9-12-11-8(13-9)4-3-5-10/h7H,3-6,10H2,1-2H3. The van der Waals surface area contributed by atoms with E-state index in [0.29, 0.717) is 18.4 Å². The third-order valence-electron chi connectivity index (χ3n) is 1.69. The van der Waals surface area contributed by atoms with E-state index >= 15 is 0 Å². The van der Waals surface area contributed by atoms with Gasteiger partial charge in [0.25, 0.3) is 0 Å². The van der Waals surface area contributed by atoms with Crippen LogP contribution in [0.2, 0.25) is 0 Å². The van der Waals surface area contributed by atoms with Gasteiger partial charge >= 0.3 is 0 Å². The Balaban J connectivity index is 2.44. The number of hydrogen-bond acceptors (Lipinski definition) is 4. The molecular weight excluding hydrogens is 166 g/mol. The molecule has 1 aromatic heterocycles. The molecule has 0 atom stereocenters. The molecule has 0 bridgehead atoms. The normalized spacial score (nSPS) is 11.1. The Morgan fingerprint density at radius 2 is 2.00 bits per heavy atom. The SMILES string of the molecule is CC(C)Cc1nnc(CCCN)o1. The van der Waals surface area contributed by atoms with E-state index in [4.69, 9.17) is 10.2 Å². The van der Waals surface area contributed by atoms with Gasteiger partial charge in [0.05, 0.1) is 0 Å². The van der Waals surface area contributed by atoms with Crippen LogP contribution < -0.4 is 5.73 Å². The summed E-state index contributed by atoms with van der Waals surface area (Å²) in [5.74, 6) is 2.01. The minimum atomic E-state index is 0.558. The van der Waals surface area contributed by atoms with Crippen LogP contribution in [0.3, 0.4) is 0 Å². The lowest BCUT2D eigenvalue weighted by Crippen LogP contribution is -2.00. The second-order valence-corrected chi connectivity index (χ2v) is 3.58. The molecule has 0 amide bonds. The average molecular weight is 183 g/mol. The van der Waals surface area contributed by atoms with Gasteiger partial charge in [-0.1, -0.05) is 13.8 Å². The zero-order valence-electron chi connectivity index (χ0n) is 8.29. The predicted octanol–water partition coefficient (Wildman–Crippen LogP) is 1.16. The molecule has 0 aliphatic rings. The number of nitrogens with two attached hydrogens (primary N) is 1. The molecule has 0 fully saturated rings. The highest BCUT2D eigenvalue weighted by molar-refractivity contribution is 4.83. The van der Waals surface area contributed by atoms with Crippen molar-refractivity contribution in [3.05, 3.63) is 11.8 Å². The highest BCUT2D eigenvalue weighted by atomic mass is 16.4. The zero-order valence-corrected chi connectivity index (χ0v) is 8.29. The van der Waals surface area contributed by atoms with Crippen molar-refractivity contribution >= 4 is 0 Å². The van der Waals surface area contributed by atoms with Gasteiger partial charge in [-0.3, -0.25) is 0 Å². The van der Waals surface area contributed by atoms with Gasteiger partial charge in [-0.05, 0) is 18.9 Å². The Bertz CT molecular complexity index is 245. The van der Waals surface area contributed by atoms with Crippen LogP contribution in [0.4, 0.5) is 0 Å². The van der Waals surface area contributed by atoms with Crippen molar-refractivity contribution in [1.29, 1.82) is 0 Å². The van der Waals surface area contributed by atoms with Crippen molar-refractivity contribution in [3.63, 3.8) is 0 Å². The average Bonchev–Trinajstić information content (AvgIpc) is 2.48. The maximum Gasteiger partial charge on any atom is 0.216 e. The highest BCUT2D eigenvalue weighted by Crippen LogP contribution is 2.07. The van der Waals surface area contributed by atoms with Crippen molar-refractivity contribution in [2.75, 3.05) is 6.54 Å². The first-order valence-corrected chi connectivity index (χ1v) is 4.73. The van der Waals surface area contributed by atoms with Gasteiger partial charge in [-0.2, -0.15) is 0 Å². The van der Waals surface area contributed by atoms with Crippen LogP contribution in [0.1, 0.15) is 32.0 Å². The highest BCUT2D eigenvalue weighted by Gasteiger charge is 2.06. The molecule has 4 heteroatoms. The number of aryl methyl sites for hydroxylation is 1. The maximum absolute atomic E-state index is 5.42. The van der Waals surface area contributed by atoms with E-state index in [1.54, 1.807) is 0 Å². The summed E-state index contributed by atoms with van der Waals surface area (Å²) < 4.78 is 5.42. The lowest BCUT2D eigenvalue weighted by atomic mass is 10.1. The number of rotatable bonds is 5. The molecule has 0 saturated carbocycles. The van der Waals surface area contributed by atoms with Gasteiger partial charge < -0.3 is 10.2 Å². The van der Waals surface area contributed by atoms with Crippen molar-refractivity contribution in [3.8, 4) is 0 Å².